The molecule has 2 aromatic rings. The molecule has 0 unspecified atom stereocenters. The van der Waals surface area contributed by atoms with Crippen molar-refractivity contribution < 1.29 is 32.0 Å². The number of anilines is 1. The number of amides is 1. The summed E-state index contributed by atoms with van der Waals surface area (Å²) in [6, 6.07) is 8.96. The zero-order valence-corrected chi connectivity index (χ0v) is 14.1. The summed E-state index contributed by atoms with van der Waals surface area (Å²) in [4.78, 5) is 22.3. The van der Waals surface area contributed by atoms with Gasteiger partial charge in [-0.15, -0.1) is 0 Å². The number of hydrogen-bond acceptors (Lipinski definition) is 4. The highest BCUT2D eigenvalue weighted by Gasteiger charge is 2.42. The van der Waals surface area contributed by atoms with Crippen molar-refractivity contribution in [2.45, 2.75) is 12.3 Å². The van der Waals surface area contributed by atoms with Crippen LogP contribution in [0.5, 0.6) is 5.75 Å². The smallest absolute Gasteiger partial charge is 0.340 e. The van der Waals surface area contributed by atoms with E-state index < -0.39 is 41.2 Å². The largest absolute Gasteiger partial charge is 0.480 e. The van der Waals surface area contributed by atoms with Crippen LogP contribution in [0.25, 0.3) is 0 Å². The molecule has 0 aromatic heterocycles. The minimum Gasteiger partial charge on any atom is -0.480 e. The molecule has 0 fully saturated rings. The predicted octanol–water partition coefficient (Wildman–Crippen LogP) is 4.78. The Bertz CT molecular complexity index is 864. The minimum absolute atomic E-state index is 0.186. The van der Waals surface area contributed by atoms with E-state index in [1.165, 1.54) is 12.1 Å². The number of nitrogens with one attached hydrogen (secondary N) is 1. The fourth-order valence-electron chi connectivity index (χ4n) is 1.92. The molecule has 0 aliphatic carbocycles. The Kier molecular flexibility index (Phi) is 6.21. The third kappa shape index (κ3) is 5.07. The molecule has 0 radical (unpaired) electrons. The van der Waals surface area contributed by atoms with E-state index in [1.54, 1.807) is 12.1 Å². The first-order valence-corrected chi connectivity index (χ1v) is 7.62. The van der Waals surface area contributed by atoms with Crippen LogP contribution in [0.1, 0.15) is 10.4 Å². The molecule has 0 aliphatic heterocycles. The lowest BCUT2D eigenvalue weighted by Crippen LogP contribution is -2.33. The van der Waals surface area contributed by atoms with E-state index >= 15 is 0 Å². The van der Waals surface area contributed by atoms with E-state index in [-0.39, 0.29) is 16.3 Å². The monoisotopic (exact) mass is 406 g/mol. The summed E-state index contributed by atoms with van der Waals surface area (Å²) < 4.78 is 54.6. The highest BCUT2D eigenvalue weighted by atomic mass is 35.5. The molecule has 0 bridgehead atoms. The molecule has 2 aromatic carbocycles. The van der Waals surface area contributed by atoms with E-state index in [1.807, 2.05) is 0 Å². The van der Waals surface area contributed by atoms with Crippen molar-refractivity contribution in [3.8, 4) is 5.75 Å². The summed E-state index contributed by atoms with van der Waals surface area (Å²) >= 11 is 5.90. The maximum Gasteiger partial charge on any atom is 0.340 e. The molecule has 0 saturated carbocycles. The fraction of sp³-hybridized carbons (Fsp3) is 0.188. The first-order valence-electron chi connectivity index (χ1n) is 7.25. The van der Waals surface area contributed by atoms with Crippen molar-refractivity contribution >= 4 is 28.9 Å². The number of nitrogens with zero attached hydrogens (tertiary/aromatic N) is 1. The quantitative estimate of drug-likeness (QED) is 0.407. The number of benzene rings is 2. The number of nitro groups is 1. The Morgan fingerprint density at radius 3 is 2.52 bits per heavy atom. The standard InChI is InChI=1S/C16H11ClF4N2O4/c17-10-3-1-2-4-11(10)22-14(24)9-5-6-13(12(7-9)23(25)26)27-8-16(20,21)15(18)19/h1-7,15H,8H2,(H,22,24). The van der Waals surface area contributed by atoms with Crippen LogP contribution in [0.3, 0.4) is 0 Å². The summed E-state index contributed by atoms with van der Waals surface area (Å²) in [5, 5.41) is 13.8. The predicted molar refractivity (Wildman–Crippen MR) is 88.9 cm³/mol. The Morgan fingerprint density at radius 2 is 1.93 bits per heavy atom. The van der Waals surface area contributed by atoms with Crippen molar-refractivity contribution in [3.05, 3.63) is 63.2 Å². The second-order valence-electron chi connectivity index (χ2n) is 5.22. The second-order valence-corrected chi connectivity index (χ2v) is 5.63. The topological polar surface area (TPSA) is 81.5 Å². The van der Waals surface area contributed by atoms with Crippen LogP contribution in [-0.4, -0.2) is 29.8 Å². The van der Waals surface area contributed by atoms with Gasteiger partial charge in [0.15, 0.2) is 12.4 Å². The van der Waals surface area contributed by atoms with Gasteiger partial charge in [0.05, 0.1) is 15.6 Å². The fourth-order valence-corrected chi connectivity index (χ4v) is 2.10. The first-order chi connectivity index (χ1) is 12.6. The number of carbonyl (C=O) groups is 1. The van der Waals surface area contributed by atoms with Crippen LogP contribution in [0.15, 0.2) is 42.5 Å². The van der Waals surface area contributed by atoms with E-state index in [4.69, 9.17) is 11.6 Å². The molecule has 11 heteroatoms. The van der Waals surface area contributed by atoms with Crippen molar-refractivity contribution in [1.82, 2.24) is 0 Å². The second kappa shape index (κ2) is 8.21. The molecule has 1 amide bonds. The molecule has 6 nitrogen and oxygen atoms in total. The van der Waals surface area contributed by atoms with E-state index in [9.17, 15) is 32.5 Å². The van der Waals surface area contributed by atoms with Crippen molar-refractivity contribution in [2.75, 3.05) is 11.9 Å². The van der Waals surface area contributed by atoms with Crippen molar-refractivity contribution in [2.24, 2.45) is 0 Å². The zero-order valence-electron chi connectivity index (χ0n) is 13.3. The molecule has 0 aliphatic rings. The summed E-state index contributed by atoms with van der Waals surface area (Å²) in [5.41, 5.74) is -0.759. The van der Waals surface area contributed by atoms with E-state index in [0.717, 1.165) is 18.2 Å². The highest BCUT2D eigenvalue weighted by Crippen LogP contribution is 2.31. The lowest BCUT2D eigenvalue weighted by Gasteiger charge is -2.16. The van der Waals surface area contributed by atoms with Gasteiger partial charge in [-0.3, -0.25) is 14.9 Å². The molecule has 27 heavy (non-hydrogen) atoms. The van der Waals surface area contributed by atoms with Crippen LogP contribution < -0.4 is 10.1 Å². The molecule has 0 spiro atoms. The van der Waals surface area contributed by atoms with Gasteiger partial charge in [0.25, 0.3) is 5.91 Å². The third-order valence-electron chi connectivity index (χ3n) is 3.28. The SMILES string of the molecule is O=C(Nc1ccccc1Cl)c1ccc(OCC(F)(F)C(F)F)c([N+](=O)[O-])c1. The maximum atomic E-state index is 12.9. The molecule has 0 atom stereocenters. The van der Waals surface area contributed by atoms with Crippen LogP contribution >= 0.6 is 11.6 Å². The molecule has 0 saturated heterocycles. The number of para-hydroxylation sites is 1. The van der Waals surface area contributed by atoms with Crippen LogP contribution in [0.2, 0.25) is 5.02 Å². The van der Waals surface area contributed by atoms with Gasteiger partial charge >= 0.3 is 18.0 Å². The Labute approximate surface area is 154 Å². The summed E-state index contributed by atoms with van der Waals surface area (Å²) in [7, 11) is 0. The average Bonchev–Trinajstić information content (AvgIpc) is 2.61. The molecule has 0 heterocycles. The van der Waals surface area contributed by atoms with Crippen LogP contribution in [-0.2, 0) is 0 Å². The van der Waals surface area contributed by atoms with E-state index in [2.05, 4.69) is 10.1 Å². The number of halogens is 5. The number of carbonyl (C=O) groups excluding carboxylic acids is 1. The average molecular weight is 407 g/mol. The highest BCUT2D eigenvalue weighted by molar-refractivity contribution is 6.33. The summed E-state index contributed by atoms with van der Waals surface area (Å²) in [6.07, 6.45) is -3.99. The van der Waals surface area contributed by atoms with E-state index in [0.29, 0.717) is 0 Å². The van der Waals surface area contributed by atoms with Crippen molar-refractivity contribution in [1.29, 1.82) is 0 Å². The summed E-state index contributed by atoms with van der Waals surface area (Å²) in [6.45, 7) is -1.75. The van der Waals surface area contributed by atoms with Gasteiger partial charge < -0.3 is 10.1 Å². The Hall–Kier alpha value is -2.88. The number of alkyl halides is 4. The van der Waals surface area contributed by atoms with Gasteiger partial charge in [0.1, 0.15) is 0 Å². The lowest BCUT2D eigenvalue weighted by molar-refractivity contribution is -0.386. The van der Waals surface area contributed by atoms with Gasteiger partial charge in [-0.25, -0.2) is 8.78 Å². The lowest BCUT2D eigenvalue weighted by atomic mass is 10.1. The van der Waals surface area contributed by atoms with Gasteiger partial charge in [0, 0.05) is 11.6 Å². The Morgan fingerprint density at radius 1 is 1.26 bits per heavy atom. The molecular weight excluding hydrogens is 396 g/mol. The number of ether oxygens (including phenoxy) is 1. The molecular formula is C16H11ClF4N2O4. The van der Waals surface area contributed by atoms with Gasteiger partial charge in [0.2, 0.25) is 0 Å². The molecule has 1 N–H and O–H groups in total. The third-order valence-corrected chi connectivity index (χ3v) is 3.61. The Balaban J connectivity index is 2.23. The zero-order chi connectivity index (χ0) is 20.2. The van der Waals surface area contributed by atoms with Crippen LogP contribution in [0, 0.1) is 10.1 Å². The molecule has 2 rings (SSSR count). The number of nitro benzene ring substituents is 1. The molecule has 144 valence electrons. The van der Waals surface area contributed by atoms with Crippen molar-refractivity contribution in [3.63, 3.8) is 0 Å². The first kappa shape index (κ1) is 20.4. The number of hydrogen-bond donors (Lipinski definition) is 1. The van der Waals surface area contributed by atoms with Gasteiger partial charge in [-0.2, -0.15) is 8.78 Å². The normalized spacial score (nSPS) is 11.3. The summed E-state index contributed by atoms with van der Waals surface area (Å²) in [5.74, 6) is -5.90. The van der Waals surface area contributed by atoms with Crippen LogP contribution in [0.4, 0.5) is 28.9 Å². The maximum absolute atomic E-state index is 12.9. The van der Waals surface area contributed by atoms with Gasteiger partial charge in [-0.1, -0.05) is 23.7 Å². The number of rotatable bonds is 7. The minimum atomic E-state index is -4.48. The van der Waals surface area contributed by atoms with Gasteiger partial charge in [-0.05, 0) is 24.3 Å².